The van der Waals surface area contributed by atoms with Gasteiger partial charge in [0.05, 0.1) is 11.6 Å². The molecule has 2 aromatic rings. The molecule has 1 aliphatic carbocycles. The Morgan fingerprint density at radius 1 is 1.30 bits per heavy atom. The Balaban J connectivity index is 1.73. The molecule has 4 nitrogen and oxygen atoms in total. The Hall–Kier alpha value is -2.17. The third-order valence-corrected chi connectivity index (χ3v) is 4.79. The van der Waals surface area contributed by atoms with Crippen LogP contribution in [-0.4, -0.2) is 20.9 Å². The number of hydrogen-bond acceptors (Lipinski definition) is 2. The average Bonchev–Trinajstić information content (AvgIpc) is 2.93. The van der Waals surface area contributed by atoms with Crippen LogP contribution in [0.5, 0.6) is 0 Å². The highest BCUT2D eigenvalue weighted by Crippen LogP contribution is 2.32. The lowest BCUT2D eigenvalue weighted by atomic mass is 9.79. The number of carboxylic acid groups (broad SMARTS) is 1. The van der Waals surface area contributed by atoms with Crippen molar-refractivity contribution in [3.63, 3.8) is 0 Å². The summed E-state index contributed by atoms with van der Waals surface area (Å²) in [4.78, 5) is 11.0. The van der Waals surface area contributed by atoms with Gasteiger partial charge in [0.2, 0.25) is 0 Å². The van der Waals surface area contributed by atoms with Crippen molar-refractivity contribution in [2.75, 3.05) is 0 Å². The number of aryl methyl sites for hydroxylation is 1. The van der Waals surface area contributed by atoms with Crippen molar-refractivity contribution < 1.29 is 14.3 Å². The van der Waals surface area contributed by atoms with E-state index in [-0.39, 0.29) is 11.7 Å². The standard InChI is InChI=1S/C18H21FN2O2/c1-21-17(6-7-20-21)15-9-13(10-16(19)11-15)8-12-2-4-14(5-3-12)18(22)23/h6-7,9-12,14H,2-5,8H2,1H3,(H,22,23)/t12-,14-. The SMILES string of the molecule is Cn1nccc1-c1cc(F)cc(C[C@H]2CC[C@H](C(=O)O)CC2)c1. The molecule has 0 spiro atoms. The molecule has 1 aliphatic rings. The molecule has 1 fully saturated rings. The van der Waals surface area contributed by atoms with E-state index in [1.807, 2.05) is 19.2 Å². The van der Waals surface area contributed by atoms with Crippen molar-refractivity contribution >= 4 is 5.97 Å². The fourth-order valence-electron chi connectivity index (χ4n) is 3.52. The van der Waals surface area contributed by atoms with E-state index in [1.165, 1.54) is 6.07 Å². The van der Waals surface area contributed by atoms with Gasteiger partial charge in [0, 0.05) is 18.8 Å². The number of nitrogens with zero attached hydrogens (tertiary/aromatic N) is 2. The highest BCUT2D eigenvalue weighted by Gasteiger charge is 2.26. The van der Waals surface area contributed by atoms with Crippen LogP contribution in [0.15, 0.2) is 30.5 Å². The summed E-state index contributed by atoms with van der Waals surface area (Å²) >= 11 is 0. The minimum atomic E-state index is -0.687. The molecule has 1 aromatic heterocycles. The van der Waals surface area contributed by atoms with E-state index in [9.17, 15) is 9.18 Å². The van der Waals surface area contributed by atoms with E-state index < -0.39 is 5.97 Å². The fourth-order valence-corrected chi connectivity index (χ4v) is 3.52. The number of aliphatic carboxylic acids is 1. The highest BCUT2D eigenvalue weighted by atomic mass is 19.1. The topological polar surface area (TPSA) is 55.1 Å². The molecule has 1 aromatic carbocycles. The average molecular weight is 316 g/mol. The van der Waals surface area contributed by atoms with Gasteiger partial charge in [-0.15, -0.1) is 0 Å². The highest BCUT2D eigenvalue weighted by molar-refractivity contribution is 5.70. The van der Waals surface area contributed by atoms with Crippen molar-refractivity contribution in [3.8, 4) is 11.3 Å². The van der Waals surface area contributed by atoms with Crippen LogP contribution in [0.25, 0.3) is 11.3 Å². The van der Waals surface area contributed by atoms with Gasteiger partial charge < -0.3 is 5.11 Å². The summed E-state index contributed by atoms with van der Waals surface area (Å²) in [7, 11) is 1.84. The molecular weight excluding hydrogens is 295 g/mol. The van der Waals surface area contributed by atoms with Gasteiger partial charge in [-0.25, -0.2) is 4.39 Å². The third-order valence-electron chi connectivity index (χ3n) is 4.79. The minimum Gasteiger partial charge on any atom is -0.481 e. The second kappa shape index (κ2) is 6.52. The molecule has 5 heteroatoms. The molecule has 0 atom stereocenters. The Bertz CT molecular complexity index is 703. The number of benzene rings is 1. The second-order valence-electron chi connectivity index (χ2n) is 6.45. The first-order valence-electron chi connectivity index (χ1n) is 8.03. The van der Waals surface area contributed by atoms with Crippen LogP contribution in [0.1, 0.15) is 31.2 Å². The third kappa shape index (κ3) is 3.60. The van der Waals surface area contributed by atoms with E-state index in [4.69, 9.17) is 5.11 Å². The first-order chi connectivity index (χ1) is 11.0. The van der Waals surface area contributed by atoms with Crippen LogP contribution < -0.4 is 0 Å². The maximum atomic E-state index is 14.0. The number of hydrogen-bond donors (Lipinski definition) is 1. The van der Waals surface area contributed by atoms with Crippen molar-refractivity contribution in [1.29, 1.82) is 0 Å². The zero-order valence-corrected chi connectivity index (χ0v) is 13.2. The molecular formula is C18H21FN2O2. The lowest BCUT2D eigenvalue weighted by molar-refractivity contribution is -0.143. The molecule has 23 heavy (non-hydrogen) atoms. The van der Waals surface area contributed by atoms with Gasteiger partial charge in [0.25, 0.3) is 0 Å². The molecule has 0 saturated heterocycles. The molecule has 0 unspecified atom stereocenters. The van der Waals surface area contributed by atoms with Gasteiger partial charge in [0.1, 0.15) is 5.82 Å². The van der Waals surface area contributed by atoms with Crippen molar-refractivity contribution in [1.82, 2.24) is 9.78 Å². The largest absolute Gasteiger partial charge is 0.481 e. The minimum absolute atomic E-state index is 0.205. The smallest absolute Gasteiger partial charge is 0.306 e. The van der Waals surface area contributed by atoms with Crippen molar-refractivity contribution in [2.45, 2.75) is 32.1 Å². The normalized spacial score (nSPS) is 21.3. The van der Waals surface area contributed by atoms with Crippen LogP contribution >= 0.6 is 0 Å². The Morgan fingerprint density at radius 2 is 2.04 bits per heavy atom. The predicted molar refractivity (Wildman–Crippen MR) is 85.4 cm³/mol. The quantitative estimate of drug-likeness (QED) is 0.936. The number of rotatable bonds is 4. The van der Waals surface area contributed by atoms with Gasteiger partial charge in [0.15, 0.2) is 0 Å². The summed E-state index contributed by atoms with van der Waals surface area (Å²) in [6.45, 7) is 0. The molecule has 0 aliphatic heterocycles. The molecule has 0 amide bonds. The summed E-state index contributed by atoms with van der Waals surface area (Å²) < 4.78 is 15.7. The zero-order chi connectivity index (χ0) is 16.4. The van der Waals surface area contributed by atoms with Gasteiger partial charge >= 0.3 is 5.97 Å². The monoisotopic (exact) mass is 316 g/mol. The van der Waals surface area contributed by atoms with Crippen molar-refractivity contribution in [2.24, 2.45) is 18.9 Å². The first-order valence-corrected chi connectivity index (χ1v) is 8.03. The van der Waals surface area contributed by atoms with Crippen LogP contribution in [0.3, 0.4) is 0 Å². The van der Waals surface area contributed by atoms with Gasteiger partial charge in [-0.05, 0) is 67.9 Å². The summed E-state index contributed by atoms with van der Waals surface area (Å²) in [5.74, 6) is -0.693. The van der Waals surface area contributed by atoms with Gasteiger partial charge in [-0.3, -0.25) is 9.48 Å². The number of halogens is 1. The predicted octanol–water partition coefficient (Wildman–Crippen LogP) is 3.66. The summed E-state index contributed by atoms with van der Waals surface area (Å²) in [6.07, 6.45) is 5.75. The van der Waals surface area contributed by atoms with Crippen LogP contribution in [0.2, 0.25) is 0 Å². The van der Waals surface area contributed by atoms with E-state index in [1.54, 1.807) is 16.9 Å². The Labute approximate surface area is 134 Å². The van der Waals surface area contributed by atoms with E-state index in [2.05, 4.69) is 5.10 Å². The maximum Gasteiger partial charge on any atom is 0.306 e. The molecule has 1 heterocycles. The first kappa shape index (κ1) is 15.7. The molecule has 3 rings (SSSR count). The lowest BCUT2D eigenvalue weighted by Crippen LogP contribution is -2.22. The molecule has 122 valence electrons. The van der Waals surface area contributed by atoms with Crippen LogP contribution in [-0.2, 0) is 18.3 Å². The fraction of sp³-hybridized carbons (Fsp3) is 0.444. The molecule has 0 bridgehead atoms. The maximum absolute atomic E-state index is 14.0. The molecule has 0 radical (unpaired) electrons. The summed E-state index contributed by atoms with van der Waals surface area (Å²) in [5, 5.41) is 13.2. The number of aromatic nitrogens is 2. The summed E-state index contributed by atoms with van der Waals surface area (Å²) in [6, 6.07) is 7.00. The second-order valence-corrected chi connectivity index (χ2v) is 6.45. The van der Waals surface area contributed by atoms with Crippen LogP contribution in [0, 0.1) is 17.7 Å². The Kier molecular flexibility index (Phi) is 4.46. The zero-order valence-electron chi connectivity index (χ0n) is 13.2. The van der Waals surface area contributed by atoms with E-state index in [0.29, 0.717) is 5.92 Å². The van der Waals surface area contributed by atoms with E-state index >= 15 is 0 Å². The van der Waals surface area contributed by atoms with E-state index in [0.717, 1.165) is 48.9 Å². The van der Waals surface area contributed by atoms with Crippen molar-refractivity contribution in [3.05, 3.63) is 41.8 Å². The van der Waals surface area contributed by atoms with Gasteiger partial charge in [-0.2, -0.15) is 5.10 Å². The summed E-state index contributed by atoms with van der Waals surface area (Å²) in [5.41, 5.74) is 2.69. The lowest BCUT2D eigenvalue weighted by Gasteiger charge is -2.26. The Morgan fingerprint density at radius 3 is 2.65 bits per heavy atom. The molecule has 1 N–H and O–H groups in total. The van der Waals surface area contributed by atoms with Gasteiger partial charge in [-0.1, -0.05) is 0 Å². The number of carboxylic acids is 1. The van der Waals surface area contributed by atoms with Crippen LogP contribution in [0.4, 0.5) is 4.39 Å². The number of carbonyl (C=O) groups is 1. The molecule has 1 saturated carbocycles.